The molecule has 2 aromatic carbocycles. The van der Waals surface area contributed by atoms with Crippen molar-refractivity contribution in [1.82, 2.24) is 9.78 Å². The Bertz CT molecular complexity index is 990. The first-order chi connectivity index (χ1) is 12.9. The zero-order valence-corrected chi connectivity index (χ0v) is 16.1. The summed E-state index contributed by atoms with van der Waals surface area (Å²) in [6, 6.07) is 17.9. The Balaban J connectivity index is 1.82. The van der Waals surface area contributed by atoms with Crippen molar-refractivity contribution in [2.45, 2.75) is 26.8 Å². The van der Waals surface area contributed by atoms with Crippen molar-refractivity contribution in [2.24, 2.45) is 5.92 Å². The Morgan fingerprint density at radius 3 is 2.30 bits per heavy atom. The molecule has 1 heterocycles. The smallest absolute Gasteiger partial charge is 0.267 e. The van der Waals surface area contributed by atoms with Gasteiger partial charge in [0.15, 0.2) is 5.78 Å². The zero-order valence-electron chi connectivity index (χ0n) is 15.4. The molecule has 0 unspecified atom stereocenters. The average Bonchev–Trinajstić information content (AvgIpc) is 2.64. The first-order valence-corrected chi connectivity index (χ1v) is 9.26. The molecule has 0 radical (unpaired) electrons. The molecule has 5 heteroatoms. The minimum Gasteiger partial charge on any atom is -0.292 e. The lowest BCUT2D eigenvalue weighted by Crippen LogP contribution is -2.26. The van der Waals surface area contributed by atoms with Gasteiger partial charge in [0.25, 0.3) is 5.56 Å². The highest BCUT2D eigenvalue weighted by Crippen LogP contribution is 2.18. The number of carbonyl (C=O) groups is 1. The summed E-state index contributed by atoms with van der Waals surface area (Å²) in [5.41, 5.74) is 3.03. The molecule has 1 aromatic heterocycles. The van der Waals surface area contributed by atoms with Crippen LogP contribution in [0.4, 0.5) is 0 Å². The normalized spacial score (nSPS) is 11.0. The summed E-state index contributed by atoms with van der Waals surface area (Å²) < 4.78 is 1.20. The molecule has 0 spiro atoms. The van der Waals surface area contributed by atoms with Crippen LogP contribution in [0.2, 0.25) is 5.02 Å². The van der Waals surface area contributed by atoms with E-state index in [1.165, 1.54) is 16.3 Å². The van der Waals surface area contributed by atoms with E-state index in [9.17, 15) is 9.59 Å². The number of hydrogen-bond donors (Lipinski definition) is 0. The molecule has 3 aromatic rings. The van der Waals surface area contributed by atoms with Crippen molar-refractivity contribution in [3.05, 3.63) is 87.2 Å². The Hall–Kier alpha value is -2.72. The van der Waals surface area contributed by atoms with E-state index in [0.29, 0.717) is 22.2 Å². The zero-order chi connectivity index (χ0) is 19.4. The quantitative estimate of drug-likeness (QED) is 0.585. The van der Waals surface area contributed by atoms with E-state index in [1.807, 2.05) is 12.1 Å². The molecule has 0 aliphatic carbocycles. The second-order valence-corrected chi connectivity index (χ2v) is 7.38. The summed E-state index contributed by atoms with van der Waals surface area (Å²) in [4.78, 5) is 24.6. The van der Waals surface area contributed by atoms with E-state index in [2.05, 4.69) is 31.1 Å². The number of Topliss-reactive ketones (excluding diaryl/α,β-unsaturated/α-hetero) is 1. The van der Waals surface area contributed by atoms with Gasteiger partial charge in [-0.2, -0.15) is 5.10 Å². The van der Waals surface area contributed by atoms with Gasteiger partial charge in [-0.1, -0.05) is 49.7 Å². The van der Waals surface area contributed by atoms with Gasteiger partial charge in [-0.25, -0.2) is 4.68 Å². The first-order valence-electron chi connectivity index (χ1n) is 8.88. The third-order valence-electron chi connectivity index (χ3n) is 4.22. The van der Waals surface area contributed by atoms with Crippen LogP contribution in [0.3, 0.4) is 0 Å². The van der Waals surface area contributed by atoms with Crippen LogP contribution in [0.1, 0.15) is 29.8 Å². The molecule has 0 saturated carbocycles. The van der Waals surface area contributed by atoms with Crippen LogP contribution in [0, 0.1) is 5.92 Å². The lowest BCUT2D eigenvalue weighted by Gasteiger charge is -2.09. The standard InChI is InChI=1S/C22H21ClN2O2/c1-15(2)13-16-3-5-17(6-4-16)20-11-12-22(27)25(24-20)14-21(26)18-7-9-19(23)10-8-18/h3-12,15H,13-14H2,1-2H3. The van der Waals surface area contributed by atoms with Crippen LogP contribution >= 0.6 is 11.6 Å². The molecule has 27 heavy (non-hydrogen) atoms. The fourth-order valence-corrected chi connectivity index (χ4v) is 2.99. The second-order valence-electron chi connectivity index (χ2n) is 6.94. The van der Waals surface area contributed by atoms with E-state index >= 15 is 0 Å². The van der Waals surface area contributed by atoms with Gasteiger partial charge in [-0.15, -0.1) is 0 Å². The third-order valence-corrected chi connectivity index (χ3v) is 4.47. The van der Waals surface area contributed by atoms with Crippen LogP contribution in [-0.2, 0) is 13.0 Å². The van der Waals surface area contributed by atoms with Crippen molar-refractivity contribution in [3.63, 3.8) is 0 Å². The van der Waals surface area contributed by atoms with Gasteiger partial charge in [0.05, 0.1) is 5.69 Å². The average molecular weight is 381 g/mol. The van der Waals surface area contributed by atoms with Gasteiger partial charge < -0.3 is 0 Å². The van der Waals surface area contributed by atoms with Crippen LogP contribution in [-0.4, -0.2) is 15.6 Å². The molecule has 0 aliphatic heterocycles. The fourth-order valence-electron chi connectivity index (χ4n) is 2.86. The molecule has 0 atom stereocenters. The van der Waals surface area contributed by atoms with Crippen LogP contribution < -0.4 is 5.56 Å². The maximum atomic E-state index is 12.4. The molecule has 3 rings (SSSR count). The molecular formula is C22H21ClN2O2. The number of aromatic nitrogens is 2. The maximum Gasteiger partial charge on any atom is 0.267 e. The monoisotopic (exact) mass is 380 g/mol. The van der Waals surface area contributed by atoms with Crippen molar-refractivity contribution >= 4 is 17.4 Å². The molecule has 0 bridgehead atoms. The highest BCUT2D eigenvalue weighted by atomic mass is 35.5. The highest BCUT2D eigenvalue weighted by molar-refractivity contribution is 6.30. The lowest BCUT2D eigenvalue weighted by atomic mass is 10.0. The topological polar surface area (TPSA) is 52.0 Å². The van der Waals surface area contributed by atoms with Crippen molar-refractivity contribution in [1.29, 1.82) is 0 Å². The minimum absolute atomic E-state index is 0.111. The van der Waals surface area contributed by atoms with Crippen molar-refractivity contribution in [2.75, 3.05) is 0 Å². The number of nitrogens with zero attached hydrogens (tertiary/aromatic N) is 2. The largest absolute Gasteiger partial charge is 0.292 e. The van der Waals surface area contributed by atoms with E-state index in [0.717, 1.165) is 12.0 Å². The van der Waals surface area contributed by atoms with E-state index in [1.54, 1.807) is 30.3 Å². The molecule has 0 saturated heterocycles. The summed E-state index contributed by atoms with van der Waals surface area (Å²) in [5.74, 6) is 0.403. The summed E-state index contributed by atoms with van der Waals surface area (Å²) in [5, 5.41) is 4.93. The Morgan fingerprint density at radius 2 is 1.67 bits per heavy atom. The molecule has 0 fully saturated rings. The van der Waals surface area contributed by atoms with Gasteiger partial charge >= 0.3 is 0 Å². The number of carbonyl (C=O) groups excluding carboxylic acids is 1. The third kappa shape index (κ3) is 4.92. The minimum atomic E-state index is -0.308. The summed E-state index contributed by atoms with van der Waals surface area (Å²) in [7, 11) is 0. The highest BCUT2D eigenvalue weighted by Gasteiger charge is 2.10. The first kappa shape index (κ1) is 19.1. The summed E-state index contributed by atoms with van der Waals surface area (Å²) in [6.07, 6.45) is 1.02. The van der Waals surface area contributed by atoms with Crippen LogP contribution in [0.5, 0.6) is 0 Å². The van der Waals surface area contributed by atoms with Crippen LogP contribution in [0.15, 0.2) is 65.5 Å². The van der Waals surface area contributed by atoms with E-state index < -0.39 is 0 Å². The lowest BCUT2D eigenvalue weighted by molar-refractivity contribution is 0.0966. The van der Waals surface area contributed by atoms with Gasteiger partial charge in [-0.05, 0) is 48.2 Å². The fraction of sp³-hybridized carbons (Fsp3) is 0.227. The van der Waals surface area contributed by atoms with Gasteiger partial charge in [0.1, 0.15) is 6.54 Å². The van der Waals surface area contributed by atoms with Crippen molar-refractivity contribution < 1.29 is 4.79 Å². The molecule has 4 nitrogen and oxygen atoms in total. The molecule has 0 N–H and O–H groups in total. The SMILES string of the molecule is CC(C)Cc1ccc(-c2ccc(=O)n(CC(=O)c3ccc(Cl)cc3)n2)cc1. The predicted octanol–water partition coefficient (Wildman–Crippen LogP) is 4.65. The summed E-state index contributed by atoms with van der Waals surface area (Å²) >= 11 is 5.85. The van der Waals surface area contributed by atoms with Gasteiger partial charge in [-0.3, -0.25) is 9.59 Å². The Labute approximate surface area is 163 Å². The number of hydrogen-bond acceptors (Lipinski definition) is 3. The number of rotatable bonds is 6. The molecule has 0 aliphatic rings. The van der Waals surface area contributed by atoms with Gasteiger partial charge in [0.2, 0.25) is 0 Å². The maximum absolute atomic E-state index is 12.4. The molecular weight excluding hydrogens is 360 g/mol. The Morgan fingerprint density at radius 1 is 1.00 bits per heavy atom. The molecule has 138 valence electrons. The van der Waals surface area contributed by atoms with Crippen LogP contribution in [0.25, 0.3) is 11.3 Å². The van der Waals surface area contributed by atoms with Gasteiger partial charge in [0, 0.05) is 22.2 Å². The van der Waals surface area contributed by atoms with E-state index in [-0.39, 0.29) is 17.9 Å². The Kier molecular flexibility index (Phi) is 5.87. The second kappa shape index (κ2) is 8.31. The number of benzene rings is 2. The van der Waals surface area contributed by atoms with E-state index in [4.69, 9.17) is 11.6 Å². The number of ketones is 1. The predicted molar refractivity (Wildman–Crippen MR) is 108 cm³/mol. The summed E-state index contributed by atoms with van der Waals surface area (Å²) in [6.45, 7) is 4.26. The number of halogens is 1. The van der Waals surface area contributed by atoms with Crippen molar-refractivity contribution in [3.8, 4) is 11.3 Å². The molecule has 0 amide bonds.